The van der Waals surface area contributed by atoms with E-state index in [0.29, 0.717) is 0 Å². The molecule has 2 unspecified atom stereocenters. The third-order valence-electron chi connectivity index (χ3n) is 5.09. The Bertz CT molecular complexity index is 242. The quantitative estimate of drug-likeness (QED) is 0.764. The highest BCUT2D eigenvalue weighted by molar-refractivity contribution is 4.95. The van der Waals surface area contributed by atoms with Gasteiger partial charge in [0.15, 0.2) is 0 Å². The van der Waals surface area contributed by atoms with Crippen molar-refractivity contribution in [2.75, 3.05) is 33.2 Å². The lowest BCUT2D eigenvalue weighted by molar-refractivity contribution is 0.0193. The molecule has 2 saturated heterocycles. The van der Waals surface area contributed by atoms with Crippen LogP contribution in [0, 0.1) is 0 Å². The molecule has 2 heterocycles. The Hall–Kier alpha value is -0.120. The predicted molar refractivity (Wildman–Crippen MR) is 82.6 cm³/mol. The van der Waals surface area contributed by atoms with E-state index >= 15 is 0 Å². The van der Waals surface area contributed by atoms with Crippen LogP contribution in [0.4, 0.5) is 0 Å². The molecule has 0 saturated carbocycles. The molecule has 3 nitrogen and oxygen atoms in total. The molecule has 0 aromatic carbocycles. The van der Waals surface area contributed by atoms with Gasteiger partial charge in [0.2, 0.25) is 0 Å². The lowest BCUT2D eigenvalue weighted by Crippen LogP contribution is -2.57. The van der Waals surface area contributed by atoms with Crippen molar-refractivity contribution in [1.29, 1.82) is 0 Å². The number of nitrogens with one attached hydrogen (secondary N) is 1. The van der Waals surface area contributed by atoms with E-state index in [2.05, 4.69) is 36.0 Å². The standard InChI is InChI=1S/C16H33N3/c1-4-9-17-14-12-15-7-6-8-16(13-14)19(15)11-10-18(3)5-2/h14-17H,4-13H2,1-3H3. The van der Waals surface area contributed by atoms with Crippen LogP contribution in [0.5, 0.6) is 0 Å². The van der Waals surface area contributed by atoms with Crippen molar-refractivity contribution in [2.24, 2.45) is 0 Å². The highest BCUT2D eigenvalue weighted by Crippen LogP contribution is 2.33. The van der Waals surface area contributed by atoms with E-state index in [9.17, 15) is 0 Å². The molecule has 0 aliphatic carbocycles. The van der Waals surface area contributed by atoms with Gasteiger partial charge in [-0.05, 0) is 52.2 Å². The summed E-state index contributed by atoms with van der Waals surface area (Å²) in [5.74, 6) is 0. The summed E-state index contributed by atoms with van der Waals surface area (Å²) in [6, 6.07) is 2.50. The maximum absolute atomic E-state index is 3.76. The minimum Gasteiger partial charge on any atom is -0.314 e. The summed E-state index contributed by atoms with van der Waals surface area (Å²) in [6.45, 7) is 9.40. The number of fused-ring (bicyclic) bond motifs is 2. The van der Waals surface area contributed by atoms with Gasteiger partial charge in [0.05, 0.1) is 0 Å². The SMILES string of the molecule is CCCNC1CC2CCCC(C1)N2CCN(C)CC. The van der Waals surface area contributed by atoms with Gasteiger partial charge in [-0.15, -0.1) is 0 Å². The van der Waals surface area contributed by atoms with Gasteiger partial charge in [-0.2, -0.15) is 0 Å². The van der Waals surface area contributed by atoms with E-state index in [1.807, 2.05) is 0 Å². The van der Waals surface area contributed by atoms with Crippen LogP contribution in [0.2, 0.25) is 0 Å². The largest absolute Gasteiger partial charge is 0.314 e. The van der Waals surface area contributed by atoms with Crippen LogP contribution < -0.4 is 5.32 Å². The van der Waals surface area contributed by atoms with Crippen LogP contribution in [0.25, 0.3) is 0 Å². The molecular formula is C16H33N3. The summed E-state index contributed by atoms with van der Waals surface area (Å²) in [5, 5.41) is 3.76. The zero-order chi connectivity index (χ0) is 13.7. The molecule has 0 radical (unpaired) electrons. The first kappa shape index (κ1) is 15.3. The number of hydrogen-bond donors (Lipinski definition) is 1. The molecular weight excluding hydrogens is 234 g/mol. The highest BCUT2D eigenvalue weighted by Gasteiger charge is 2.37. The van der Waals surface area contributed by atoms with Crippen LogP contribution >= 0.6 is 0 Å². The lowest BCUT2D eigenvalue weighted by atomic mass is 9.81. The fourth-order valence-electron chi connectivity index (χ4n) is 3.80. The van der Waals surface area contributed by atoms with Crippen molar-refractivity contribution in [3.8, 4) is 0 Å². The minimum atomic E-state index is 0.787. The maximum Gasteiger partial charge on any atom is 0.0115 e. The monoisotopic (exact) mass is 267 g/mol. The third-order valence-corrected chi connectivity index (χ3v) is 5.09. The molecule has 0 aromatic heterocycles. The molecule has 2 atom stereocenters. The van der Waals surface area contributed by atoms with Gasteiger partial charge in [0.25, 0.3) is 0 Å². The molecule has 2 aliphatic heterocycles. The van der Waals surface area contributed by atoms with Gasteiger partial charge in [0, 0.05) is 31.2 Å². The first-order valence-electron chi connectivity index (χ1n) is 8.42. The van der Waals surface area contributed by atoms with Crippen LogP contribution in [0.1, 0.15) is 52.4 Å². The predicted octanol–water partition coefficient (Wildman–Crippen LogP) is 2.32. The van der Waals surface area contributed by atoms with E-state index in [-0.39, 0.29) is 0 Å². The first-order valence-corrected chi connectivity index (χ1v) is 8.42. The Labute approximate surface area is 119 Å². The van der Waals surface area contributed by atoms with E-state index < -0.39 is 0 Å². The molecule has 0 aromatic rings. The molecule has 2 aliphatic rings. The first-order chi connectivity index (χ1) is 9.24. The third kappa shape index (κ3) is 4.17. The van der Waals surface area contributed by atoms with Gasteiger partial charge in [-0.3, -0.25) is 4.90 Å². The Morgan fingerprint density at radius 2 is 1.84 bits per heavy atom. The Morgan fingerprint density at radius 3 is 2.42 bits per heavy atom. The van der Waals surface area contributed by atoms with Gasteiger partial charge in [-0.1, -0.05) is 20.3 Å². The summed E-state index contributed by atoms with van der Waals surface area (Å²) in [6.07, 6.45) is 8.33. The van der Waals surface area contributed by atoms with E-state index in [4.69, 9.17) is 0 Å². The van der Waals surface area contributed by atoms with Crippen molar-refractivity contribution >= 4 is 0 Å². The zero-order valence-electron chi connectivity index (χ0n) is 13.2. The van der Waals surface area contributed by atoms with E-state index in [1.54, 1.807) is 0 Å². The second-order valence-corrected chi connectivity index (χ2v) is 6.49. The van der Waals surface area contributed by atoms with Crippen LogP contribution in [0.15, 0.2) is 0 Å². The molecule has 19 heavy (non-hydrogen) atoms. The number of nitrogens with zero attached hydrogens (tertiary/aromatic N) is 2. The topological polar surface area (TPSA) is 18.5 Å². The van der Waals surface area contributed by atoms with E-state index in [0.717, 1.165) is 18.1 Å². The van der Waals surface area contributed by atoms with Gasteiger partial charge < -0.3 is 10.2 Å². The Kier molecular flexibility index (Phi) is 6.11. The smallest absolute Gasteiger partial charge is 0.0115 e. The molecule has 2 bridgehead atoms. The van der Waals surface area contributed by atoms with Gasteiger partial charge >= 0.3 is 0 Å². The summed E-state index contributed by atoms with van der Waals surface area (Å²) < 4.78 is 0. The number of piperidine rings is 2. The fourth-order valence-corrected chi connectivity index (χ4v) is 3.80. The van der Waals surface area contributed by atoms with Crippen molar-refractivity contribution < 1.29 is 0 Å². The average Bonchev–Trinajstić information content (AvgIpc) is 2.41. The summed E-state index contributed by atoms with van der Waals surface area (Å²) in [7, 11) is 2.24. The molecule has 2 rings (SSSR count). The molecule has 0 spiro atoms. The molecule has 3 heteroatoms. The minimum absolute atomic E-state index is 0.787. The summed E-state index contributed by atoms with van der Waals surface area (Å²) in [5.41, 5.74) is 0. The molecule has 112 valence electrons. The fraction of sp³-hybridized carbons (Fsp3) is 1.00. The van der Waals surface area contributed by atoms with E-state index in [1.165, 1.54) is 64.7 Å². The molecule has 1 N–H and O–H groups in total. The lowest BCUT2D eigenvalue weighted by Gasteiger charge is -2.49. The van der Waals surface area contributed by atoms with Crippen molar-refractivity contribution in [2.45, 2.75) is 70.5 Å². The van der Waals surface area contributed by atoms with Gasteiger partial charge in [-0.25, -0.2) is 0 Å². The maximum atomic E-state index is 3.76. The number of rotatable bonds is 7. The Morgan fingerprint density at radius 1 is 1.16 bits per heavy atom. The summed E-state index contributed by atoms with van der Waals surface area (Å²) in [4.78, 5) is 5.27. The van der Waals surface area contributed by atoms with Crippen LogP contribution in [-0.4, -0.2) is 61.2 Å². The molecule has 2 fully saturated rings. The number of hydrogen-bond acceptors (Lipinski definition) is 3. The van der Waals surface area contributed by atoms with Crippen molar-refractivity contribution in [3.63, 3.8) is 0 Å². The highest BCUT2D eigenvalue weighted by atomic mass is 15.2. The van der Waals surface area contributed by atoms with Crippen molar-refractivity contribution in [1.82, 2.24) is 15.1 Å². The second-order valence-electron chi connectivity index (χ2n) is 6.49. The average molecular weight is 267 g/mol. The van der Waals surface area contributed by atoms with Crippen LogP contribution in [-0.2, 0) is 0 Å². The van der Waals surface area contributed by atoms with Crippen molar-refractivity contribution in [3.05, 3.63) is 0 Å². The van der Waals surface area contributed by atoms with Crippen LogP contribution in [0.3, 0.4) is 0 Å². The normalized spacial score (nSPS) is 31.9. The van der Waals surface area contributed by atoms with Gasteiger partial charge in [0.1, 0.15) is 0 Å². The zero-order valence-corrected chi connectivity index (χ0v) is 13.2. The number of likely N-dealkylation sites (N-methyl/N-ethyl adjacent to an activating group) is 1. The second kappa shape index (κ2) is 7.61. The summed E-state index contributed by atoms with van der Waals surface area (Å²) >= 11 is 0. The molecule has 0 amide bonds. The Balaban J connectivity index is 1.84.